The summed E-state index contributed by atoms with van der Waals surface area (Å²) >= 11 is 0. The molecule has 0 aliphatic heterocycles. The molecule has 0 heterocycles. The van der Waals surface area contributed by atoms with Crippen molar-refractivity contribution >= 4 is 11.8 Å². The third-order valence-corrected chi connectivity index (χ3v) is 4.50. The summed E-state index contributed by atoms with van der Waals surface area (Å²) in [5.41, 5.74) is 7.60. The van der Waals surface area contributed by atoms with Crippen LogP contribution in [0.1, 0.15) is 90.4 Å². The van der Waals surface area contributed by atoms with Gasteiger partial charge in [0.05, 0.1) is 6.10 Å². The number of hydrogen-bond donors (Lipinski definition) is 4. The number of amides is 2. The molecule has 2 atom stereocenters. The molecule has 24 heavy (non-hydrogen) atoms. The lowest BCUT2D eigenvalue weighted by Crippen LogP contribution is -2.29. The number of hydrogen-bond acceptors (Lipinski definition) is 4. The molecule has 0 saturated carbocycles. The summed E-state index contributed by atoms with van der Waals surface area (Å²) in [7, 11) is 0. The van der Waals surface area contributed by atoms with Crippen LogP contribution in [0.25, 0.3) is 0 Å². The van der Waals surface area contributed by atoms with Crippen LogP contribution in [0.3, 0.4) is 0 Å². The highest BCUT2D eigenvalue weighted by Gasteiger charge is 2.15. The molecule has 0 fully saturated rings. The predicted octanol–water partition coefficient (Wildman–Crippen LogP) is 2.53. The number of aliphatic hydroxyl groups is 1. The molecular weight excluding hydrogens is 306 g/mol. The predicted molar refractivity (Wildman–Crippen MR) is 96.7 cm³/mol. The fourth-order valence-electron chi connectivity index (χ4n) is 2.91. The van der Waals surface area contributed by atoms with Crippen molar-refractivity contribution in [2.45, 2.75) is 96.5 Å². The highest BCUT2D eigenvalue weighted by molar-refractivity contribution is 5.76. The summed E-state index contributed by atoms with van der Waals surface area (Å²) in [6.07, 6.45) is 11.3. The monoisotopic (exact) mass is 343 g/mol. The molecule has 0 aromatic carbocycles. The number of hydrazine groups is 1. The Labute approximate surface area is 146 Å². The number of unbranched alkanes of at least 4 members (excludes halogenated alkanes) is 5. The largest absolute Gasteiger partial charge is 0.393 e. The van der Waals surface area contributed by atoms with E-state index in [0.717, 1.165) is 77.0 Å². The van der Waals surface area contributed by atoms with E-state index in [1.807, 2.05) is 0 Å². The van der Waals surface area contributed by atoms with Gasteiger partial charge in [-0.2, -0.15) is 0 Å². The molecule has 0 radical (unpaired) electrons. The van der Waals surface area contributed by atoms with Crippen molar-refractivity contribution in [1.82, 2.24) is 5.43 Å². The molecule has 0 saturated heterocycles. The number of carbonyl (C=O) groups is 2. The van der Waals surface area contributed by atoms with Gasteiger partial charge in [-0.05, 0) is 32.1 Å². The minimum Gasteiger partial charge on any atom is -0.393 e. The number of nitrogens with two attached hydrogens (primary N) is 2. The molecule has 0 aliphatic carbocycles. The molecule has 142 valence electrons. The lowest BCUT2D eigenvalue weighted by atomic mass is 9.93. The van der Waals surface area contributed by atoms with Crippen LogP contribution in [0, 0.1) is 5.92 Å². The Kier molecular flexibility index (Phi) is 14.7. The normalized spacial score (nSPS) is 13.5. The van der Waals surface area contributed by atoms with Crippen molar-refractivity contribution in [3.63, 3.8) is 0 Å². The topological polar surface area (TPSA) is 118 Å². The first-order valence-corrected chi connectivity index (χ1v) is 9.48. The first kappa shape index (κ1) is 22.9. The Morgan fingerprint density at radius 3 is 2.12 bits per heavy atom. The zero-order valence-electron chi connectivity index (χ0n) is 15.3. The zero-order valence-corrected chi connectivity index (χ0v) is 15.3. The number of aliphatic hydroxyl groups excluding tert-OH is 1. The summed E-state index contributed by atoms with van der Waals surface area (Å²) in [6, 6.07) is 0. The van der Waals surface area contributed by atoms with Crippen LogP contribution in [0.2, 0.25) is 0 Å². The smallest absolute Gasteiger partial charge is 0.233 e. The van der Waals surface area contributed by atoms with Gasteiger partial charge in [0.25, 0.3) is 0 Å². The zero-order chi connectivity index (χ0) is 18.2. The molecule has 0 aliphatic rings. The first-order chi connectivity index (χ1) is 11.5. The second kappa shape index (κ2) is 15.4. The van der Waals surface area contributed by atoms with E-state index in [2.05, 4.69) is 12.3 Å². The lowest BCUT2D eigenvalue weighted by molar-refractivity contribution is -0.122. The van der Waals surface area contributed by atoms with Gasteiger partial charge in [-0.1, -0.05) is 51.9 Å². The third-order valence-electron chi connectivity index (χ3n) is 4.50. The Balaban J connectivity index is 3.74. The summed E-state index contributed by atoms with van der Waals surface area (Å²) in [6.45, 7) is 2.15. The fraction of sp³-hybridized carbons (Fsp3) is 0.889. The van der Waals surface area contributed by atoms with Crippen molar-refractivity contribution in [2.75, 3.05) is 0 Å². The van der Waals surface area contributed by atoms with Crippen LogP contribution < -0.4 is 17.0 Å². The second-order valence-corrected chi connectivity index (χ2v) is 6.70. The van der Waals surface area contributed by atoms with Crippen molar-refractivity contribution in [3.8, 4) is 0 Å². The molecule has 6 heteroatoms. The molecule has 2 unspecified atom stereocenters. The molecule has 6 N–H and O–H groups in total. The summed E-state index contributed by atoms with van der Waals surface area (Å²) in [5, 5.41) is 9.91. The molecule has 0 aromatic rings. The van der Waals surface area contributed by atoms with Crippen molar-refractivity contribution in [2.24, 2.45) is 17.5 Å². The van der Waals surface area contributed by atoms with E-state index in [0.29, 0.717) is 6.42 Å². The molecule has 0 bridgehead atoms. The van der Waals surface area contributed by atoms with Crippen molar-refractivity contribution < 1.29 is 14.7 Å². The van der Waals surface area contributed by atoms with Crippen LogP contribution >= 0.6 is 0 Å². The van der Waals surface area contributed by atoms with E-state index in [1.54, 1.807) is 0 Å². The van der Waals surface area contributed by atoms with Crippen LogP contribution in [-0.4, -0.2) is 23.0 Å². The van der Waals surface area contributed by atoms with Gasteiger partial charge < -0.3 is 10.8 Å². The lowest BCUT2D eigenvalue weighted by Gasteiger charge is -2.15. The maximum Gasteiger partial charge on any atom is 0.233 e. The van der Waals surface area contributed by atoms with E-state index >= 15 is 0 Å². The molecule has 2 amide bonds. The van der Waals surface area contributed by atoms with E-state index in [9.17, 15) is 14.7 Å². The van der Waals surface area contributed by atoms with Crippen molar-refractivity contribution in [1.29, 1.82) is 0 Å². The summed E-state index contributed by atoms with van der Waals surface area (Å²) < 4.78 is 0. The van der Waals surface area contributed by atoms with Crippen molar-refractivity contribution in [3.05, 3.63) is 0 Å². The van der Waals surface area contributed by atoms with Gasteiger partial charge in [0.1, 0.15) is 0 Å². The highest BCUT2D eigenvalue weighted by atomic mass is 16.3. The van der Waals surface area contributed by atoms with Gasteiger partial charge in [-0.25, -0.2) is 5.84 Å². The maximum absolute atomic E-state index is 11.5. The van der Waals surface area contributed by atoms with E-state index in [-0.39, 0.29) is 23.8 Å². The number of rotatable bonds is 16. The average molecular weight is 344 g/mol. The van der Waals surface area contributed by atoms with Crippen LogP contribution in [0.5, 0.6) is 0 Å². The van der Waals surface area contributed by atoms with Crippen LogP contribution in [-0.2, 0) is 9.59 Å². The average Bonchev–Trinajstić information content (AvgIpc) is 2.55. The van der Waals surface area contributed by atoms with Crippen LogP contribution in [0.15, 0.2) is 0 Å². The number of primary amides is 1. The maximum atomic E-state index is 11.5. The molecule has 0 spiro atoms. The second-order valence-electron chi connectivity index (χ2n) is 6.70. The van der Waals surface area contributed by atoms with Gasteiger partial charge in [-0.15, -0.1) is 0 Å². The Hall–Kier alpha value is -1.14. The molecule has 0 rings (SSSR count). The van der Waals surface area contributed by atoms with E-state index < -0.39 is 0 Å². The van der Waals surface area contributed by atoms with Gasteiger partial charge in [-0.3, -0.25) is 15.0 Å². The van der Waals surface area contributed by atoms with Gasteiger partial charge in [0.15, 0.2) is 0 Å². The highest BCUT2D eigenvalue weighted by Crippen LogP contribution is 2.19. The Morgan fingerprint density at radius 2 is 1.50 bits per heavy atom. The standard InChI is InChI=1S/C18H37N3O3/c1-2-3-6-12-16(22)13-9-11-15(18(19)24)10-7-4-5-8-14-17(23)21-20/h15-16,22H,2-14,20H2,1H3,(H2,19,24)(H,21,23). The SMILES string of the molecule is CCCCCC(O)CCCC(CCCCCCC(=O)NN)C(N)=O. The summed E-state index contributed by atoms with van der Waals surface area (Å²) in [5.74, 6) is 4.55. The molecule has 0 aromatic heterocycles. The van der Waals surface area contributed by atoms with Gasteiger partial charge in [0.2, 0.25) is 11.8 Å². The fourth-order valence-corrected chi connectivity index (χ4v) is 2.91. The quantitative estimate of drug-likeness (QED) is 0.149. The van der Waals surface area contributed by atoms with E-state index in [4.69, 9.17) is 11.6 Å². The van der Waals surface area contributed by atoms with Gasteiger partial charge in [0, 0.05) is 12.3 Å². The Bertz CT molecular complexity index is 337. The minimum atomic E-state index is -0.251. The Morgan fingerprint density at radius 1 is 0.917 bits per heavy atom. The van der Waals surface area contributed by atoms with Gasteiger partial charge >= 0.3 is 0 Å². The van der Waals surface area contributed by atoms with Crippen LogP contribution in [0.4, 0.5) is 0 Å². The first-order valence-electron chi connectivity index (χ1n) is 9.48. The number of nitrogens with one attached hydrogen (secondary N) is 1. The molecule has 6 nitrogen and oxygen atoms in total. The number of carbonyl (C=O) groups excluding carboxylic acids is 2. The third kappa shape index (κ3) is 13.3. The van der Waals surface area contributed by atoms with E-state index in [1.165, 1.54) is 0 Å². The molecular formula is C18H37N3O3. The minimum absolute atomic E-state index is 0.0971. The summed E-state index contributed by atoms with van der Waals surface area (Å²) in [4.78, 5) is 22.5.